The maximum Gasteiger partial charge on any atom is 0.131 e. The van der Waals surface area contributed by atoms with Crippen LogP contribution in [0.5, 0.6) is 0 Å². The van der Waals surface area contributed by atoms with Gasteiger partial charge >= 0.3 is 0 Å². The van der Waals surface area contributed by atoms with E-state index in [9.17, 15) is 5.11 Å². The lowest BCUT2D eigenvalue weighted by Crippen LogP contribution is -2.45. The molecule has 18 heavy (non-hydrogen) atoms. The first-order valence-electron chi connectivity index (χ1n) is 6.70. The second-order valence-corrected chi connectivity index (χ2v) is 5.12. The Balaban J connectivity index is 2.14. The SMILES string of the molecule is CC[C@@H](O)c1cnc(N2CCN(C)CC2)c(C)c1. The van der Waals surface area contributed by atoms with E-state index in [0.717, 1.165) is 49.5 Å². The summed E-state index contributed by atoms with van der Waals surface area (Å²) in [5.41, 5.74) is 2.08. The van der Waals surface area contributed by atoms with Crippen LogP contribution in [0.4, 0.5) is 5.82 Å². The van der Waals surface area contributed by atoms with E-state index in [1.165, 1.54) is 0 Å². The number of piperazine rings is 1. The smallest absolute Gasteiger partial charge is 0.131 e. The fourth-order valence-electron chi connectivity index (χ4n) is 2.36. The topological polar surface area (TPSA) is 39.6 Å². The summed E-state index contributed by atoms with van der Waals surface area (Å²) in [5.74, 6) is 1.06. The molecular weight excluding hydrogens is 226 g/mol. The number of aliphatic hydroxyl groups is 1. The number of aromatic nitrogens is 1. The molecule has 1 N–H and O–H groups in total. The van der Waals surface area contributed by atoms with Gasteiger partial charge in [-0.3, -0.25) is 0 Å². The molecule has 1 aromatic rings. The Morgan fingerprint density at radius 3 is 2.56 bits per heavy atom. The van der Waals surface area contributed by atoms with Gasteiger partial charge in [-0.15, -0.1) is 0 Å². The normalized spacial score (nSPS) is 19.0. The van der Waals surface area contributed by atoms with Gasteiger partial charge in [-0.2, -0.15) is 0 Å². The molecule has 1 aromatic heterocycles. The molecule has 0 saturated carbocycles. The van der Waals surface area contributed by atoms with Gasteiger partial charge in [-0.25, -0.2) is 4.98 Å². The number of aliphatic hydroxyl groups excluding tert-OH is 1. The maximum absolute atomic E-state index is 9.83. The van der Waals surface area contributed by atoms with Crippen molar-refractivity contribution in [3.8, 4) is 0 Å². The van der Waals surface area contributed by atoms with Gasteiger partial charge in [0, 0.05) is 32.4 Å². The summed E-state index contributed by atoms with van der Waals surface area (Å²) in [6, 6.07) is 2.06. The van der Waals surface area contributed by atoms with Crippen molar-refractivity contribution in [2.45, 2.75) is 26.4 Å². The molecule has 0 radical (unpaired) electrons. The van der Waals surface area contributed by atoms with Crippen molar-refractivity contribution in [3.63, 3.8) is 0 Å². The summed E-state index contributed by atoms with van der Waals surface area (Å²) in [5, 5.41) is 9.83. The molecule has 0 unspecified atom stereocenters. The molecular formula is C14H23N3O. The predicted octanol–water partition coefficient (Wildman–Crippen LogP) is 1.59. The summed E-state index contributed by atoms with van der Waals surface area (Å²) in [7, 11) is 2.15. The predicted molar refractivity (Wildman–Crippen MR) is 73.9 cm³/mol. The third-order valence-electron chi connectivity index (χ3n) is 3.65. The van der Waals surface area contributed by atoms with E-state index in [1.54, 1.807) is 0 Å². The van der Waals surface area contributed by atoms with Gasteiger partial charge < -0.3 is 14.9 Å². The molecule has 0 aromatic carbocycles. The second kappa shape index (κ2) is 5.67. The Hall–Kier alpha value is -1.13. The van der Waals surface area contributed by atoms with Crippen LogP contribution in [0.15, 0.2) is 12.3 Å². The van der Waals surface area contributed by atoms with E-state index in [4.69, 9.17) is 0 Å². The third kappa shape index (κ3) is 2.82. The standard InChI is InChI=1S/C14H23N3O/c1-4-13(18)12-9-11(2)14(15-10-12)17-7-5-16(3)6-8-17/h9-10,13,18H,4-8H2,1-3H3/t13-/m1/s1. The number of rotatable bonds is 3. The number of hydrogen-bond acceptors (Lipinski definition) is 4. The molecule has 2 rings (SSSR count). The highest BCUT2D eigenvalue weighted by atomic mass is 16.3. The molecule has 4 heteroatoms. The highest BCUT2D eigenvalue weighted by Crippen LogP contribution is 2.23. The molecule has 4 nitrogen and oxygen atoms in total. The van der Waals surface area contributed by atoms with Gasteiger partial charge in [0.1, 0.15) is 5.82 Å². The van der Waals surface area contributed by atoms with Crippen LogP contribution in [0.2, 0.25) is 0 Å². The first-order chi connectivity index (χ1) is 8.61. The molecule has 1 aliphatic heterocycles. The molecule has 1 aliphatic rings. The van der Waals surface area contributed by atoms with Crippen molar-refractivity contribution in [1.29, 1.82) is 0 Å². The Morgan fingerprint density at radius 1 is 1.33 bits per heavy atom. The highest BCUT2D eigenvalue weighted by Gasteiger charge is 2.17. The molecule has 1 fully saturated rings. The Kier molecular flexibility index (Phi) is 4.19. The van der Waals surface area contributed by atoms with Crippen LogP contribution in [0.1, 0.15) is 30.6 Å². The van der Waals surface area contributed by atoms with Crippen LogP contribution in [0.25, 0.3) is 0 Å². The van der Waals surface area contributed by atoms with Crippen LogP contribution >= 0.6 is 0 Å². The lowest BCUT2D eigenvalue weighted by Gasteiger charge is -2.34. The van der Waals surface area contributed by atoms with Gasteiger partial charge in [0.25, 0.3) is 0 Å². The summed E-state index contributed by atoms with van der Waals surface area (Å²) < 4.78 is 0. The number of anilines is 1. The molecule has 2 heterocycles. The largest absolute Gasteiger partial charge is 0.388 e. The molecule has 0 amide bonds. The minimum atomic E-state index is -0.391. The maximum atomic E-state index is 9.83. The van der Waals surface area contributed by atoms with E-state index in [0.29, 0.717) is 0 Å². The summed E-state index contributed by atoms with van der Waals surface area (Å²) in [6.07, 6.45) is 2.15. The average Bonchev–Trinajstić information content (AvgIpc) is 2.39. The summed E-state index contributed by atoms with van der Waals surface area (Å²) in [4.78, 5) is 9.21. The van der Waals surface area contributed by atoms with E-state index in [2.05, 4.69) is 34.8 Å². The molecule has 100 valence electrons. The van der Waals surface area contributed by atoms with Crippen molar-refractivity contribution in [2.75, 3.05) is 38.1 Å². The fraction of sp³-hybridized carbons (Fsp3) is 0.643. The van der Waals surface area contributed by atoms with E-state index < -0.39 is 6.10 Å². The highest BCUT2D eigenvalue weighted by molar-refractivity contribution is 5.48. The van der Waals surface area contributed by atoms with Crippen molar-refractivity contribution < 1.29 is 5.11 Å². The van der Waals surface area contributed by atoms with Gasteiger partial charge in [-0.1, -0.05) is 6.92 Å². The van der Waals surface area contributed by atoms with Gasteiger partial charge in [0.15, 0.2) is 0 Å². The van der Waals surface area contributed by atoms with Crippen molar-refractivity contribution in [3.05, 3.63) is 23.4 Å². The van der Waals surface area contributed by atoms with Crippen LogP contribution in [-0.2, 0) is 0 Å². The van der Waals surface area contributed by atoms with Crippen LogP contribution in [0, 0.1) is 6.92 Å². The number of likely N-dealkylation sites (N-methyl/N-ethyl adjacent to an activating group) is 1. The Morgan fingerprint density at radius 2 is 2.00 bits per heavy atom. The minimum absolute atomic E-state index is 0.391. The Labute approximate surface area is 109 Å². The summed E-state index contributed by atoms with van der Waals surface area (Å²) >= 11 is 0. The fourth-order valence-corrected chi connectivity index (χ4v) is 2.36. The van der Waals surface area contributed by atoms with Crippen LogP contribution in [-0.4, -0.2) is 48.2 Å². The lowest BCUT2D eigenvalue weighted by molar-refractivity contribution is 0.173. The first kappa shape index (κ1) is 13.3. The lowest BCUT2D eigenvalue weighted by atomic mass is 10.1. The third-order valence-corrected chi connectivity index (χ3v) is 3.65. The quantitative estimate of drug-likeness (QED) is 0.883. The van der Waals surface area contributed by atoms with E-state index in [-0.39, 0.29) is 0 Å². The minimum Gasteiger partial charge on any atom is -0.388 e. The average molecular weight is 249 g/mol. The number of aryl methyl sites for hydroxylation is 1. The zero-order chi connectivity index (χ0) is 13.1. The molecule has 0 aliphatic carbocycles. The molecule has 1 saturated heterocycles. The number of pyridine rings is 1. The van der Waals surface area contributed by atoms with Crippen LogP contribution in [0.3, 0.4) is 0 Å². The number of hydrogen-bond donors (Lipinski definition) is 1. The molecule has 1 atom stereocenters. The van der Waals surface area contributed by atoms with Crippen molar-refractivity contribution in [2.24, 2.45) is 0 Å². The first-order valence-corrected chi connectivity index (χ1v) is 6.70. The summed E-state index contributed by atoms with van der Waals surface area (Å²) in [6.45, 7) is 8.28. The zero-order valence-corrected chi connectivity index (χ0v) is 11.6. The van der Waals surface area contributed by atoms with Crippen LogP contribution < -0.4 is 4.90 Å². The van der Waals surface area contributed by atoms with E-state index in [1.807, 2.05) is 13.1 Å². The van der Waals surface area contributed by atoms with E-state index >= 15 is 0 Å². The van der Waals surface area contributed by atoms with Gasteiger partial charge in [-0.05, 0) is 37.6 Å². The number of nitrogens with zero attached hydrogens (tertiary/aromatic N) is 3. The molecule has 0 spiro atoms. The van der Waals surface area contributed by atoms with Crippen molar-refractivity contribution >= 4 is 5.82 Å². The van der Waals surface area contributed by atoms with Crippen molar-refractivity contribution in [1.82, 2.24) is 9.88 Å². The Bertz CT molecular complexity index is 400. The molecule has 0 bridgehead atoms. The zero-order valence-electron chi connectivity index (χ0n) is 11.6. The van der Waals surface area contributed by atoms with Gasteiger partial charge in [0.2, 0.25) is 0 Å². The monoisotopic (exact) mass is 249 g/mol. The van der Waals surface area contributed by atoms with Gasteiger partial charge in [0.05, 0.1) is 6.10 Å². The second-order valence-electron chi connectivity index (χ2n) is 5.12.